The van der Waals surface area contributed by atoms with Crippen molar-refractivity contribution in [2.24, 2.45) is 0 Å². The molecule has 0 aromatic heterocycles. The van der Waals surface area contributed by atoms with Crippen LogP contribution in [0.3, 0.4) is 0 Å². The Labute approximate surface area is 125 Å². The second-order valence-corrected chi connectivity index (χ2v) is 4.83. The maximum atomic E-state index is 11.8. The van der Waals surface area contributed by atoms with E-state index in [-0.39, 0.29) is 12.5 Å². The van der Waals surface area contributed by atoms with Crippen molar-refractivity contribution in [1.82, 2.24) is 5.32 Å². The molecule has 0 saturated heterocycles. The molecule has 0 aliphatic carbocycles. The van der Waals surface area contributed by atoms with Gasteiger partial charge in [-0.2, -0.15) is 0 Å². The van der Waals surface area contributed by atoms with Gasteiger partial charge in [0.05, 0.1) is 13.7 Å². The van der Waals surface area contributed by atoms with Crippen LogP contribution >= 0.6 is 0 Å². The number of ether oxygens (including phenoxy) is 4. The molecule has 21 heavy (non-hydrogen) atoms. The highest BCUT2D eigenvalue weighted by Gasteiger charge is 2.24. The SMILES string of the molecule is COC[C@](C)(CNC(=O)COc1cccc(OC)c1)OC. The van der Waals surface area contributed by atoms with E-state index in [1.165, 1.54) is 0 Å². The van der Waals surface area contributed by atoms with Gasteiger partial charge in [0, 0.05) is 26.8 Å². The van der Waals surface area contributed by atoms with E-state index in [1.807, 2.05) is 13.0 Å². The van der Waals surface area contributed by atoms with E-state index in [2.05, 4.69) is 5.32 Å². The number of rotatable bonds is 9. The number of amides is 1. The third-order valence-corrected chi connectivity index (χ3v) is 3.01. The lowest BCUT2D eigenvalue weighted by Gasteiger charge is -2.27. The molecule has 0 bridgehead atoms. The average molecular weight is 297 g/mol. The molecule has 118 valence electrons. The Morgan fingerprint density at radius 2 is 1.95 bits per heavy atom. The van der Waals surface area contributed by atoms with Crippen LogP contribution in [-0.2, 0) is 14.3 Å². The van der Waals surface area contributed by atoms with Crippen LogP contribution < -0.4 is 14.8 Å². The number of carbonyl (C=O) groups excluding carboxylic acids is 1. The second kappa shape index (κ2) is 8.49. The number of benzene rings is 1. The minimum Gasteiger partial charge on any atom is -0.497 e. The van der Waals surface area contributed by atoms with E-state index in [1.54, 1.807) is 39.5 Å². The summed E-state index contributed by atoms with van der Waals surface area (Å²) >= 11 is 0. The van der Waals surface area contributed by atoms with Crippen LogP contribution in [0.1, 0.15) is 6.92 Å². The Morgan fingerprint density at radius 3 is 2.57 bits per heavy atom. The zero-order valence-electron chi connectivity index (χ0n) is 13.0. The molecule has 1 amide bonds. The van der Waals surface area contributed by atoms with Crippen LogP contribution in [0.15, 0.2) is 24.3 Å². The van der Waals surface area contributed by atoms with Gasteiger partial charge in [0.2, 0.25) is 0 Å². The first-order chi connectivity index (χ1) is 10.0. The summed E-state index contributed by atoms with van der Waals surface area (Å²) in [4.78, 5) is 11.8. The van der Waals surface area contributed by atoms with Crippen molar-refractivity contribution in [2.45, 2.75) is 12.5 Å². The van der Waals surface area contributed by atoms with Crippen molar-refractivity contribution in [1.29, 1.82) is 0 Å². The van der Waals surface area contributed by atoms with Crippen LogP contribution in [0, 0.1) is 0 Å². The number of carbonyl (C=O) groups is 1. The molecule has 0 spiro atoms. The highest BCUT2D eigenvalue weighted by molar-refractivity contribution is 5.77. The summed E-state index contributed by atoms with van der Waals surface area (Å²) in [6, 6.07) is 7.09. The van der Waals surface area contributed by atoms with E-state index >= 15 is 0 Å². The van der Waals surface area contributed by atoms with Crippen molar-refractivity contribution >= 4 is 5.91 Å². The first-order valence-electron chi connectivity index (χ1n) is 6.60. The third kappa shape index (κ3) is 6.01. The van der Waals surface area contributed by atoms with Gasteiger partial charge in [0.1, 0.15) is 17.1 Å². The van der Waals surface area contributed by atoms with Crippen molar-refractivity contribution in [2.75, 3.05) is 41.1 Å². The Bertz CT molecular complexity index is 451. The smallest absolute Gasteiger partial charge is 0.258 e. The van der Waals surface area contributed by atoms with E-state index in [0.29, 0.717) is 24.7 Å². The minimum absolute atomic E-state index is 0.0695. The van der Waals surface area contributed by atoms with Gasteiger partial charge in [-0.25, -0.2) is 0 Å². The number of hydrogen-bond donors (Lipinski definition) is 1. The molecule has 0 fully saturated rings. The number of methoxy groups -OCH3 is 3. The fraction of sp³-hybridized carbons (Fsp3) is 0.533. The summed E-state index contributed by atoms with van der Waals surface area (Å²) in [6.07, 6.45) is 0. The van der Waals surface area contributed by atoms with Gasteiger partial charge >= 0.3 is 0 Å². The molecule has 6 heteroatoms. The summed E-state index contributed by atoms with van der Waals surface area (Å²) in [7, 11) is 4.75. The maximum Gasteiger partial charge on any atom is 0.258 e. The molecule has 0 aliphatic heterocycles. The summed E-state index contributed by atoms with van der Waals surface area (Å²) in [5.41, 5.74) is -0.555. The van der Waals surface area contributed by atoms with Gasteiger partial charge in [-0.1, -0.05) is 6.07 Å². The molecule has 0 saturated carbocycles. The topological polar surface area (TPSA) is 66.0 Å². The van der Waals surface area contributed by atoms with Crippen LogP contribution in [0.2, 0.25) is 0 Å². The van der Waals surface area contributed by atoms with Crippen molar-refractivity contribution in [3.05, 3.63) is 24.3 Å². The molecule has 1 rings (SSSR count). The van der Waals surface area contributed by atoms with Gasteiger partial charge in [0.15, 0.2) is 6.61 Å². The maximum absolute atomic E-state index is 11.8. The van der Waals surface area contributed by atoms with E-state index < -0.39 is 5.60 Å². The van der Waals surface area contributed by atoms with Crippen molar-refractivity contribution in [3.8, 4) is 11.5 Å². The second-order valence-electron chi connectivity index (χ2n) is 4.83. The molecule has 1 atom stereocenters. The first-order valence-corrected chi connectivity index (χ1v) is 6.60. The Morgan fingerprint density at radius 1 is 1.24 bits per heavy atom. The predicted octanol–water partition coefficient (Wildman–Crippen LogP) is 1.24. The fourth-order valence-corrected chi connectivity index (χ4v) is 1.66. The molecular weight excluding hydrogens is 274 g/mol. The van der Waals surface area contributed by atoms with Crippen LogP contribution in [0.4, 0.5) is 0 Å². The molecule has 1 aromatic carbocycles. The largest absolute Gasteiger partial charge is 0.497 e. The first kappa shape index (κ1) is 17.3. The van der Waals surface area contributed by atoms with Crippen LogP contribution in [0.25, 0.3) is 0 Å². The lowest BCUT2D eigenvalue weighted by atomic mass is 10.1. The quantitative estimate of drug-likeness (QED) is 0.743. The Hall–Kier alpha value is -1.79. The highest BCUT2D eigenvalue weighted by Crippen LogP contribution is 2.18. The fourth-order valence-electron chi connectivity index (χ4n) is 1.66. The predicted molar refractivity (Wildman–Crippen MR) is 78.8 cm³/mol. The Balaban J connectivity index is 2.40. The molecule has 0 radical (unpaired) electrons. The number of nitrogens with one attached hydrogen (secondary N) is 1. The van der Waals surface area contributed by atoms with Gasteiger partial charge in [-0.15, -0.1) is 0 Å². The summed E-state index contributed by atoms with van der Waals surface area (Å²) in [5.74, 6) is 1.04. The van der Waals surface area contributed by atoms with Crippen LogP contribution in [0.5, 0.6) is 11.5 Å². The van der Waals surface area contributed by atoms with Crippen molar-refractivity contribution < 1.29 is 23.7 Å². The van der Waals surface area contributed by atoms with Crippen LogP contribution in [-0.4, -0.2) is 52.6 Å². The lowest BCUT2D eigenvalue weighted by molar-refractivity contribution is -0.125. The molecule has 0 unspecified atom stereocenters. The highest BCUT2D eigenvalue weighted by atomic mass is 16.5. The van der Waals surface area contributed by atoms with Gasteiger partial charge in [-0.05, 0) is 19.1 Å². The summed E-state index contributed by atoms with van der Waals surface area (Å²) < 4.78 is 20.9. The standard InChI is InChI=1S/C15H23NO5/c1-15(20-4,11-18-2)10-16-14(17)9-21-13-7-5-6-12(8-13)19-3/h5-8H,9-11H2,1-4H3,(H,16,17)/t15-/m0/s1. The van der Waals surface area contributed by atoms with E-state index in [4.69, 9.17) is 18.9 Å². The van der Waals surface area contributed by atoms with Crippen molar-refractivity contribution in [3.63, 3.8) is 0 Å². The summed E-state index contributed by atoms with van der Waals surface area (Å²) in [5, 5.41) is 2.76. The third-order valence-electron chi connectivity index (χ3n) is 3.01. The number of hydrogen-bond acceptors (Lipinski definition) is 5. The van der Waals surface area contributed by atoms with Gasteiger partial charge in [-0.3, -0.25) is 4.79 Å². The monoisotopic (exact) mass is 297 g/mol. The normalized spacial score (nSPS) is 13.3. The average Bonchev–Trinajstić information content (AvgIpc) is 2.51. The molecule has 1 N–H and O–H groups in total. The Kier molecular flexibility index (Phi) is 6.98. The summed E-state index contributed by atoms with van der Waals surface area (Å²) in [6.45, 7) is 2.53. The molecular formula is C15H23NO5. The minimum atomic E-state index is -0.555. The zero-order valence-corrected chi connectivity index (χ0v) is 13.0. The molecule has 0 heterocycles. The van der Waals surface area contributed by atoms with E-state index in [9.17, 15) is 4.79 Å². The molecule has 6 nitrogen and oxygen atoms in total. The molecule has 0 aliphatic rings. The van der Waals surface area contributed by atoms with E-state index in [0.717, 1.165) is 0 Å². The lowest BCUT2D eigenvalue weighted by Crippen LogP contribution is -2.46. The van der Waals surface area contributed by atoms with Gasteiger partial charge in [0.25, 0.3) is 5.91 Å². The van der Waals surface area contributed by atoms with Gasteiger partial charge < -0.3 is 24.3 Å². The molecule has 1 aromatic rings. The zero-order chi connectivity index (χ0) is 15.7.